The highest BCUT2D eigenvalue weighted by atomic mass is 16.4. The van der Waals surface area contributed by atoms with Crippen molar-refractivity contribution in [2.75, 3.05) is 0 Å². The summed E-state index contributed by atoms with van der Waals surface area (Å²) in [5, 5.41) is 9.40. The van der Waals surface area contributed by atoms with Gasteiger partial charge in [0.25, 0.3) is 0 Å². The third-order valence-corrected chi connectivity index (χ3v) is 4.67. The normalized spacial score (nSPS) is 30.1. The molecule has 0 saturated heterocycles. The van der Waals surface area contributed by atoms with Crippen molar-refractivity contribution in [3.63, 3.8) is 0 Å². The van der Waals surface area contributed by atoms with Gasteiger partial charge in [0, 0.05) is 5.92 Å². The number of aliphatic carboxylic acids is 1. The molecule has 2 fully saturated rings. The minimum atomic E-state index is -0.597. The lowest BCUT2D eigenvalue weighted by Gasteiger charge is -2.22. The molecule has 2 aliphatic rings. The second-order valence-electron chi connectivity index (χ2n) is 5.50. The van der Waals surface area contributed by atoms with Crippen LogP contribution >= 0.6 is 0 Å². The van der Waals surface area contributed by atoms with E-state index in [1.807, 2.05) is 18.2 Å². The molecule has 0 bridgehead atoms. The Morgan fingerprint density at radius 3 is 2.35 bits per heavy atom. The predicted octanol–water partition coefficient (Wildman–Crippen LogP) is 3.44. The van der Waals surface area contributed by atoms with Crippen LogP contribution in [0.2, 0.25) is 0 Å². The highest BCUT2D eigenvalue weighted by Gasteiger charge is 2.67. The van der Waals surface area contributed by atoms with Gasteiger partial charge in [0.15, 0.2) is 0 Å². The van der Waals surface area contributed by atoms with E-state index in [0.29, 0.717) is 0 Å². The Balaban J connectivity index is 1.91. The monoisotopic (exact) mass is 230 g/mol. The van der Waals surface area contributed by atoms with Gasteiger partial charge in [-0.1, -0.05) is 49.6 Å². The molecule has 0 heterocycles. The fourth-order valence-corrected chi connectivity index (χ4v) is 3.90. The summed E-state index contributed by atoms with van der Waals surface area (Å²) in [6.45, 7) is 0. The van der Waals surface area contributed by atoms with Crippen LogP contribution in [0.15, 0.2) is 30.3 Å². The predicted molar refractivity (Wildman–Crippen MR) is 65.8 cm³/mol. The first-order valence-corrected chi connectivity index (χ1v) is 6.53. The maximum atomic E-state index is 11.4. The fourth-order valence-electron chi connectivity index (χ4n) is 3.90. The van der Waals surface area contributed by atoms with Crippen LogP contribution in [0, 0.1) is 11.3 Å². The molecule has 0 unspecified atom stereocenters. The second kappa shape index (κ2) is 3.86. The molecule has 0 amide bonds. The number of carboxylic acids is 1. The summed E-state index contributed by atoms with van der Waals surface area (Å²) in [6, 6.07) is 10.2. The van der Waals surface area contributed by atoms with Crippen molar-refractivity contribution in [2.45, 2.75) is 38.0 Å². The van der Waals surface area contributed by atoms with Crippen molar-refractivity contribution in [3.8, 4) is 0 Å². The van der Waals surface area contributed by atoms with Crippen LogP contribution in [0.1, 0.15) is 43.6 Å². The summed E-state index contributed by atoms with van der Waals surface area (Å²) in [4.78, 5) is 11.4. The molecule has 2 nitrogen and oxygen atoms in total. The fraction of sp³-hybridized carbons (Fsp3) is 0.533. The zero-order valence-electron chi connectivity index (χ0n) is 9.93. The van der Waals surface area contributed by atoms with Gasteiger partial charge in [-0.15, -0.1) is 0 Å². The molecule has 2 atom stereocenters. The SMILES string of the molecule is O=C(O)[C@H]1[C@H](c2ccccc2)C12CCCCC2. The third kappa shape index (κ3) is 1.58. The molecule has 1 aromatic carbocycles. The molecule has 3 rings (SSSR count). The quantitative estimate of drug-likeness (QED) is 0.845. The van der Waals surface area contributed by atoms with Crippen LogP contribution in [0.5, 0.6) is 0 Å². The molecule has 0 aromatic heterocycles. The lowest BCUT2D eigenvalue weighted by molar-refractivity contribution is -0.139. The van der Waals surface area contributed by atoms with Gasteiger partial charge in [0.2, 0.25) is 0 Å². The zero-order valence-corrected chi connectivity index (χ0v) is 9.93. The number of hydrogen-bond acceptors (Lipinski definition) is 1. The lowest BCUT2D eigenvalue weighted by atomic mass is 9.82. The topological polar surface area (TPSA) is 37.3 Å². The Kier molecular flexibility index (Phi) is 2.46. The largest absolute Gasteiger partial charge is 0.481 e. The average Bonchev–Trinajstić information content (AvgIpc) is 2.99. The number of hydrogen-bond donors (Lipinski definition) is 1. The highest BCUT2D eigenvalue weighted by molar-refractivity contribution is 5.78. The smallest absolute Gasteiger partial charge is 0.307 e. The molecule has 2 saturated carbocycles. The molecule has 1 spiro atoms. The molecular formula is C15H18O2. The van der Waals surface area contributed by atoms with Gasteiger partial charge < -0.3 is 5.11 Å². The summed E-state index contributed by atoms with van der Waals surface area (Å²) < 4.78 is 0. The first kappa shape index (κ1) is 10.8. The number of benzene rings is 1. The van der Waals surface area contributed by atoms with E-state index >= 15 is 0 Å². The van der Waals surface area contributed by atoms with E-state index < -0.39 is 5.97 Å². The Bertz CT molecular complexity index is 418. The van der Waals surface area contributed by atoms with Gasteiger partial charge in [-0.05, 0) is 23.8 Å². The van der Waals surface area contributed by atoms with Crippen LogP contribution in [-0.4, -0.2) is 11.1 Å². The van der Waals surface area contributed by atoms with Crippen molar-refractivity contribution in [1.29, 1.82) is 0 Å². The van der Waals surface area contributed by atoms with Crippen molar-refractivity contribution in [3.05, 3.63) is 35.9 Å². The average molecular weight is 230 g/mol. The second-order valence-corrected chi connectivity index (χ2v) is 5.50. The summed E-state index contributed by atoms with van der Waals surface area (Å²) in [5.74, 6) is -0.465. The Morgan fingerprint density at radius 1 is 1.12 bits per heavy atom. The maximum Gasteiger partial charge on any atom is 0.307 e. The van der Waals surface area contributed by atoms with Gasteiger partial charge in [0.1, 0.15) is 0 Å². The molecule has 2 aliphatic carbocycles. The van der Waals surface area contributed by atoms with Gasteiger partial charge in [-0.3, -0.25) is 4.79 Å². The molecule has 1 N–H and O–H groups in total. The minimum Gasteiger partial charge on any atom is -0.481 e. The standard InChI is InChI=1S/C15H18O2/c16-14(17)13-12(11-7-3-1-4-8-11)15(13)9-5-2-6-10-15/h1,3-4,7-8,12-13H,2,5-6,9-10H2,(H,16,17)/t12-,13+/m0/s1. The van der Waals surface area contributed by atoms with Crippen molar-refractivity contribution < 1.29 is 9.90 Å². The molecule has 2 heteroatoms. The van der Waals surface area contributed by atoms with Crippen molar-refractivity contribution in [2.24, 2.45) is 11.3 Å². The van der Waals surface area contributed by atoms with Gasteiger partial charge in [-0.2, -0.15) is 0 Å². The van der Waals surface area contributed by atoms with E-state index in [1.54, 1.807) is 0 Å². The van der Waals surface area contributed by atoms with Crippen LogP contribution < -0.4 is 0 Å². The first-order valence-electron chi connectivity index (χ1n) is 6.53. The van der Waals surface area contributed by atoms with E-state index in [1.165, 1.54) is 24.8 Å². The summed E-state index contributed by atoms with van der Waals surface area (Å²) in [6.07, 6.45) is 5.88. The van der Waals surface area contributed by atoms with Crippen molar-refractivity contribution in [1.82, 2.24) is 0 Å². The van der Waals surface area contributed by atoms with E-state index in [-0.39, 0.29) is 17.3 Å². The molecule has 17 heavy (non-hydrogen) atoms. The molecular weight excluding hydrogens is 212 g/mol. The Morgan fingerprint density at radius 2 is 1.76 bits per heavy atom. The third-order valence-electron chi connectivity index (χ3n) is 4.67. The summed E-state index contributed by atoms with van der Waals surface area (Å²) in [5.41, 5.74) is 1.31. The van der Waals surface area contributed by atoms with Gasteiger partial charge >= 0.3 is 5.97 Å². The summed E-state index contributed by atoms with van der Waals surface area (Å²) >= 11 is 0. The number of carbonyl (C=O) groups is 1. The Labute approximate surface area is 102 Å². The first-order chi connectivity index (χ1) is 8.26. The van der Waals surface area contributed by atoms with Crippen molar-refractivity contribution >= 4 is 5.97 Å². The van der Waals surface area contributed by atoms with E-state index in [4.69, 9.17) is 0 Å². The molecule has 0 radical (unpaired) electrons. The molecule has 1 aromatic rings. The minimum absolute atomic E-state index is 0.0887. The van der Waals surface area contributed by atoms with E-state index in [2.05, 4.69) is 12.1 Å². The molecule has 0 aliphatic heterocycles. The van der Waals surface area contributed by atoms with E-state index in [0.717, 1.165) is 12.8 Å². The van der Waals surface area contributed by atoms with E-state index in [9.17, 15) is 9.90 Å². The van der Waals surface area contributed by atoms with Crippen LogP contribution in [0.4, 0.5) is 0 Å². The molecule has 90 valence electrons. The maximum absolute atomic E-state index is 11.4. The summed E-state index contributed by atoms with van der Waals surface area (Å²) in [7, 11) is 0. The Hall–Kier alpha value is -1.31. The van der Waals surface area contributed by atoms with Crippen LogP contribution in [-0.2, 0) is 4.79 Å². The lowest BCUT2D eigenvalue weighted by Crippen LogP contribution is -2.14. The van der Waals surface area contributed by atoms with Gasteiger partial charge in [-0.25, -0.2) is 0 Å². The van der Waals surface area contributed by atoms with Crippen LogP contribution in [0.25, 0.3) is 0 Å². The number of carboxylic acid groups (broad SMARTS) is 1. The van der Waals surface area contributed by atoms with Gasteiger partial charge in [0.05, 0.1) is 5.92 Å². The van der Waals surface area contributed by atoms with Crippen LogP contribution in [0.3, 0.4) is 0 Å². The number of rotatable bonds is 2. The highest BCUT2D eigenvalue weighted by Crippen LogP contribution is 2.71. The zero-order chi connectivity index (χ0) is 11.9.